The summed E-state index contributed by atoms with van der Waals surface area (Å²) in [5, 5.41) is 10.7. The Labute approximate surface area is 113 Å². The first-order valence-corrected chi connectivity index (χ1v) is 5.78. The van der Waals surface area contributed by atoms with Crippen LogP contribution in [0.15, 0.2) is 18.2 Å². The lowest BCUT2D eigenvalue weighted by Crippen LogP contribution is -2.28. The van der Waals surface area contributed by atoms with Crippen molar-refractivity contribution in [2.75, 3.05) is 6.61 Å². The van der Waals surface area contributed by atoms with E-state index in [9.17, 15) is 23.3 Å². The van der Waals surface area contributed by atoms with Crippen LogP contribution in [0.2, 0.25) is 5.02 Å². The second-order valence-corrected chi connectivity index (χ2v) is 4.73. The SMILES string of the molecule is O=[N+]([O-])c1cc(Cl)ccc1OCC(Br)C(F)(F)F. The summed E-state index contributed by atoms with van der Waals surface area (Å²) in [5.41, 5.74) is -0.482. The monoisotopic (exact) mass is 347 g/mol. The Hall–Kier alpha value is -1.02. The van der Waals surface area contributed by atoms with E-state index in [1.165, 1.54) is 6.07 Å². The number of nitro benzene ring substituents is 1. The molecular formula is C9H6BrClF3NO3. The normalized spacial score (nSPS) is 13.2. The zero-order valence-corrected chi connectivity index (χ0v) is 10.9. The molecule has 0 bridgehead atoms. The number of ether oxygens (including phenoxy) is 1. The van der Waals surface area contributed by atoms with Crippen molar-refractivity contribution >= 4 is 33.2 Å². The predicted molar refractivity (Wildman–Crippen MR) is 62.4 cm³/mol. The zero-order valence-electron chi connectivity index (χ0n) is 8.58. The van der Waals surface area contributed by atoms with Gasteiger partial charge in [-0.25, -0.2) is 0 Å². The summed E-state index contributed by atoms with van der Waals surface area (Å²) >= 11 is 7.93. The molecule has 0 heterocycles. The molecule has 18 heavy (non-hydrogen) atoms. The second-order valence-electron chi connectivity index (χ2n) is 3.19. The molecule has 9 heteroatoms. The zero-order chi connectivity index (χ0) is 13.9. The van der Waals surface area contributed by atoms with Crippen LogP contribution in [0.3, 0.4) is 0 Å². The third kappa shape index (κ3) is 4.02. The molecule has 0 aliphatic carbocycles. The van der Waals surface area contributed by atoms with Gasteiger partial charge in [0.25, 0.3) is 0 Å². The first-order chi connectivity index (χ1) is 8.21. The molecule has 0 aromatic heterocycles. The lowest BCUT2D eigenvalue weighted by atomic mass is 10.3. The fourth-order valence-electron chi connectivity index (χ4n) is 1.01. The van der Waals surface area contributed by atoms with Gasteiger partial charge in [-0.15, -0.1) is 0 Å². The molecule has 1 atom stereocenters. The summed E-state index contributed by atoms with van der Waals surface area (Å²) in [6.45, 7) is -0.772. The number of benzene rings is 1. The molecular weight excluding hydrogens is 342 g/mol. The van der Waals surface area contributed by atoms with Gasteiger partial charge in [0.2, 0.25) is 0 Å². The summed E-state index contributed by atoms with van der Waals surface area (Å²) < 4.78 is 41.4. The number of nitro groups is 1. The van der Waals surface area contributed by atoms with Gasteiger partial charge in [0.05, 0.1) is 4.92 Å². The number of alkyl halides is 4. The standard InChI is InChI=1S/C9H6BrClF3NO3/c10-8(9(12,13)14)4-18-7-2-1-5(11)3-6(7)15(16)17/h1-3,8H,4H2. The van der Waals surface area contributed by atoms with Crippen molar-refractivity contribution in [1.82, 2.24) is 0 Å². The molecule has 0 fully saturated rings. The van der Waals surface area contributed by atoms with Crippen molar-refractivity contribution in [3.8, 4) is 5.75 Å². The summed E-state index contributed by atoms with van der Waals surface area (Å²) in [4.78, 5) is 7.97. The number of hydrogen-bond acceptors (Lipinski definition) is 3. The molecule has 0 N–H and O–H groups in total. The van der Waals surface area contributed by atoms with E-state index in [1.54, 1.807) is 0 Å². The van der Waals surface area contributed by atoms with Crippen molar-refractivity contribution in [2.45, 2.75) is 11.0 Å². The van der Waals surface area contributed by atoms with Crippen molar-refractivity contribution in [3.05, 3.63) is 33.3 Å². The highest BCUT2D eigenvalue weighted by molar-refractivity contribution is 9.09. The van der Waals surface area contributed by atoms with Crippen LogP contribution in [0, 0.1) is 10.1 Å². The maximum Gasteiger partial charge on any atom is 0.404 e. The Bertz CT molecular complexity index is 455. The van der Waals surface area contributed by atoms with Gasteiger partial charge in [-0.2, -0.15) is 13.2 Å². The number of hydrogen-bond donors (Lipinski definition) is 0. The van der Waals surface area contributed by atoms with E-state index in [2.05, 4.69) is 15.9 Å². The van der Waals surface area contributed by atoms with Gasteiger partial charge in [0.1, 0.15) is 11.4 Å². The highest BCUT2D eigenvalue weighted by Crippen LogP contribution is 2.32. The van der Waals surface area contributed by atoms with Crippen LogP contribution >= 0.6 is 27.5 Å². The van der Waals surface area contributed by atoms with Gasteiger partial charge >= 0.3 is 11.9 Å². The molecule has 4 nitrogen and oxygen atoms in total. The Kier molecular flexibility index (Phi) is 4.80. The van der Waals surface area contributed by atoms with Crippen LogP contribution in [-0.4, -0.2) is 22.5 Å². The fraction of sp³-hybridized carbons (Fsp3) is 0.333. The van der Waals surface area contributed by atoms with E-state index in [4.69, 9.17) is 16.3 Å². The molecule has 0 spiro atoms. The summed E-state index contributed by atoms with van der Waals surface area (Å²) in [6, 6.07) is 3.45. The van der Waals surface area contributed by atoms with E-state index in [0.29, 0.717) is 0 Å². The maximum absolute atomic E-state index is 12.2. The maximum atomic E-state index is 12.2. The van der Waals surface area contributed by atoms with E-state index in [0.717, 1.165) is 12.1 Å². The number of rotatable bonds is 4. The first-order valence-electron chi connectivity index (χ1n) is 4.49. The molecule has 0 saturated heterocycles. The van der Waals surface area contributed by atoms with Crippen molar-refractivity contribution in [1.29, 1.82) is 0 Å². The molecule has 1 rings (SSSR count). The average Bonchev–Trinajstić information content (AvgIpc) is 2.25. The molecule has 0 amide bonds. The minimum atomic E-state index is -4.48. The molecule has 0 aliphatic heterocycles. The first kappa shape index (κ1) is 15.0. The van der Waals surface area contributed by atoms with Crippen LogP contribution in [0.5, 0.6) is 5.75 Å². The summed E-state index contributed by atoms with van der Waals surface area (Å²) in [7, 11) is 0. The van der Waals surface area contributed by atoms with Crippen molar-refractivity contribution in [2.24, 2.45) is 0 Å². The molecule has 1 unspecified atom stereocenters. The quantitative estimate of drug-likeness (QED) is 0.470. The third-order valence-electron chi connectivity index (χ3n) is 1.86. The summed E-state index contributed by atoms with van der Waals surface area (Å²) in [6.07, 6.45) is -4.48. The number of halogens is 5. The van der Waals surface area contributed by atoms with Gasteiger partial charge in [0, 0.05) is 11.1 Å². The largest absolute Gasteiger partial charge is 0.485 e. The Morgan fingerprint density at radius 3 is 2.61 bits per heavy atom. The molecule has 0 saturated carbocycles. The van der Waals surface area contributed by atoms with E-state index in [1.807, 2.05) is 0 Å². The lowest BCUT2D eigenvalue weighted by Gasteiger charge is -2.14. The smallest absolute Gasteiger partial charge is 0.404 e. The third-order valence-corrected chi connectivity index (χ3v) is 2.88. The molecule has 1 aromatic carbocycles. The molecule has 100 valence electrons. The topological polar surface area (TPSA) is 52.4 Å². The Balaban J connectivity index is 2.82. The second kappa shape index (κ2) is 5.75. The van der Waals surface area contributed by atoms with Gasteiger partial charge in [-0.3, -0.25) is 10.1 Å². The van der Waals surface area contributed by atoms with Crippen molar-refractivity contribution < 1.29 is 22.8 Å². The lowest BCUT2D eigenvalue weighted by molar-refractivity contribution is -0.385. The minimum absolute atomic E-state index is 0.0975. The predicted octanol–water partition coefficient (Wildman–Crippen LogP) is 3.95. The summed E-state index contributed by atoms with van der Waals surface area (Å²) in [5.74, 6) is -0.266. The Morgan fingerprint density at radius 2 is 2.11 bits per heavy atom. The van der Waals surface area contributed by atoms with Crippen molar-refractivity contribution in [3.63, 3.8) is 0 Å². The van der Waals surface area contributed by atoms with E-state index >= 15 is 0 Å². The van der Waals surface area contributed by atoms with Gasteiger partial charge < -0.3 is 4.74 Å². The van der Waals surface area contributed by atoms with Crippen LogP contribution in [0.25, 0.3) is 0 Å². The molecule has 1 aromatic rings. The number of nitrogens with zero attached hydrogens (tertiary/aromatic N) is 1. The van der Waals surface area contributed by atoms with Crippen LogP contribution in [0.4, 0.5) is 18.9 Å². The molecule has 0 aliphatic rings. The van der Waals surface area contributed by atoms with Gasteiger partial charge in [-0.1, -0.05) is 27.5 Å². The van der Waals surface area contributed by atoms with E-state index < -0.39 is 28.2 Å². The highest BCUT2D eigenvalue weighted by Gasteiger charge is 2.38. The van der Waals surface area contributed by atoms with E-state index in [-0.39, 0.29) is 10.8 Å². The average molecular weight is 349 g/mol. The molecule has 0 radical (unpaired) electrons. The Morgan fingerprint density at radius 1 is 1.50 bits per heavy atom. The van der Waals surface area contributed by atoms with Crippen LogP contribution in [0.1, 0.15) is 0 Å². The van der Waals surface area contributed by atoms with Crippen LogP contribution in [-0.2, 0) is 0 Å². The highest BCUT2D eigenvalue weighted by atomic mass is 79.9. The van der Waals surface area contributed by atoms with Gasteiger partial charge in [0.15, 0.2) is 5.75 Å². The minimum Gasteiger partial charge on any atom is -0.485 e. The van der Waals surface area contributed by atoms with Gasteiger partial charge in [-0.05, 0) is 12.1 Å². The fourth-order valence-corrected chi connectivity index (χ4v) is 1.31. The van der Waals surface area contributed by atoms with Crippen LogP contribution < -0.4 is 4.74 Å².